The summed E-state index contributed by atoms with van der Waals surface area (Å²) in [5, 5.41) is 5.01. The van der Waals surface area contributed by atoms with Crippen LogP contribution in [0.4, 0.5) is 10.1 Å². The topological polar surface area (TPSA) is 24.9 Å². The number of thioether (sulfide) groups is 1. The molecule has 0 aliphatic carbocycles. The van der Waals surface area contributed by atoms with Crippen molar-refractivity contribution >= 4 is 28.8 Å². The van der Waals surface area contributed by atoms with Gasteiger partial charge < -0.3 is 5.32 Å². The predicted octanol–water partition coefficient (Wildman–Crippen LogP) is 3.49. The Labute approximate surface area is 102 Å². The van der Waals surface area contributed by atoms with E-state index in [1.165, 1.54) is 6.07 Å². The summed E-state index contributed by atoms with van der Waals surface area (Å²) in [6, 6.07) is 6.70. The first kappa shape index (κ1) is 11.4. The second kappa shape index (κ2) is 5.86. The monoisotopic (exact) mass is 254 g/mol. The highest BCUT2D eigenvalue weighted by Gasteiger charge is 1.99. The molecule has 1 heterocycles. The van der Waals surface area contributed by atoms with E-state index in [0.717, 1.165) is 16.6 Å². The summed E-state index contributed by atoms with van der Waals surface area (Å²) >= 11 is 3.30. The Bertz CT molecular complexity index is 431. The van der Waals surface area contributed by atoms with Crippen molar-refractivity contribution in [1.29, 1.82) is 0 Å². The number of anilines is 1. The van der Waals surface area contributed by atoms with Gasteiger partial charge in [-0.2, -0.15) is 0 Å². The molecule has 0 atom stereocenters. The molecule has 0 bridgehead atoms. The molecule has 16 heavy (non-hydrogen) atoms. The maximum absolute atomic E-state index is 13.2. The number of nitrogens with zero attached hydrogens (tertiary/aromatic N) is 1. The van der Waals surface area contributed by atoms with Gasteiger partial charge in [0.1, 0.15) is 10.2 Å². The van der Waals surface area contributed by atoms with Crippen LogP contribution >= 0.6 is 23.1 Å². The van der Waals surface area contributed by atoms with Gasteiger partial charge in [-0.3, -0.25) is 0 Å². The van der Waals surface area contributed by atoms with Gasteiger partial charge >= 0.3 is 0 Å². The predicted molar refractivity (Wildman–Crippen MR) is 67.7 cm³/mol. The maximum Gasteiger partial charge on any atom is 0.149 e. The van der Waals surface area contributed by atoms with Crippen LogP contribution in [0, 0.1) is 5.82 Å². The highest BCUT2D eigenvalue weighted by atomic mass is 32.2. The van der Waals surface area contributed by atoms with Gasteiger partial charge in [-0.05, 0) is 12.1 Å². The number of hydrogen-bond donors (Lipinski definition) is 1. The van der Waals surface area contributed by atoms with Crippen LogP contribution in [0.25, 0.3) is 0 Å². The van der Waals surface area contributed by atoms with E-state index in [1.54, 1.807) is 41.4 Å². The van der Waals surface area contributed by atoms with Gasteiger partial charge in [0.2, 0.25) is 0 Å². The molecule has 0 amide bonds. The Hall–Kier alpha value is -1.07. The first-order chi connectivity index (χ1) is 7.86. The van der Waals surface area contributed by atoms with E-state index < -0.39 is 0 Å². The van der Waals surface area contributed by atoms with Gasteiger partial charge in [-0.25, -0.2) is 9.37 Å². The Morgan fingerprint density at radius 3 is 3.00 bits per heavy atom. The molecular formula is C11H11FN2S2. The molecule has 0 aliphatic rings. The van der Waals surface area contributed by atoms with E-state index in [1.807, 2.05) is 11.4 Å². The molecule has 0 saturated carbocycles. The van der Waals surface area contributed by atoms with Gasteiger partial charge in [0, 0.05) is 23.9 Å². The minimum absolute atomic E-state index is 0.207. The van der Waals surface area contributed by atoms with Crippen LogP contribution in [-0.4, -0.2) is 17.3 Å². The third-order valence-corrected chi connectivity index (χ3v) is 3.89. The summed E-state index contributed by atoms with van der Waals surface area (Å²) in [6.07, 6.45) is 1.79. The van der Waals surface area contributed by atoms with E-state index in [2.05, 4.69) is 10.3 Å². The van der Waals surface area contributed by atoms with Crippen LogP contribution in [0.1, 0.15) is 0 Å². The van der Waals surface area contributed by atoms with Crippen molar-refractivity contribution < 1.29 is 4.39 Å². The Morgan fingerprint density at radius 1 is 1.38 bits per heavy atom. The molecule has 5 heteroatoms. The zero-order valence-corrected chi connectivity index (χ0v) is 10.2. The van der Waals surface area contributed by atoms with Crippen molar-refractivity contribution in [2.24, 2.45) is 0 Å². The smallest absolute Gasteiger partial charge is 0.149 e. The third kappa shape index (κ3) is 3.21. The lowest BCUT2D eigenvalue weighted by molar-refractivity contribution is 0.630. The molecule has 1 aromatic heterocycles. The lowest BCUT2D eigenvalue weighted by Gasteiger charge is -2.05. The standard InChI is InChI=1S/C11H11FN2S2/c12-9-3-1-2-4-10(9)13-5-7-15-11-14-6-8-16-11/h1-4,6,8,13H,5,7H2. The number of rotatable bonds is 5. The van der Waals surface area contributed by atoms with Gasteiger partial charge in [0.05, 0.1) is 5.69 Å². The summed E-state index contributed by atoms with van der Waals surface area (Å²) in [7, 11) is 0. The molecule has 0 spiro atoms. The molecule has 1 aromatic carbocycles. The highest BCUT2D eigenvalue weighted by molar-refractivity contribution is 8.01. The zero-order valence-electron chi connectivity index (χ0n) is 8.52. The largest absolute Gasteiger partial charge is 0.382 e. The first-order valence-corrected chi connectivity index (χ1v) is 6.73. The Kier molecular flexibility index (Phi) is 4.18. The normalized spacial score (nSPS) is 10.3. The fourth-order valence-electron chi connectivity index (χ4n) is 1.21. The van der Waals surface area contributed by atoms with Gasteiger partial charge in [0.15, 0.2) is 0 Å². The van der Waals surface area contributed by atoms with Crippen molar-refractivity contribution in [2.75, 3.05) is 17.6 Å². The maximum atomic E-state index is 13.2. The fourth-order valence-corrected chi connectivity index (χ4v) is 2.77. The van der Waals surface area contributed by atoms with Gasteiger partial charge in [-0.15, -0.1) is 11.3 Å². The second-order valence-corrected chi connectivity index (χ2v) is 5.29. The number of hydrogen-bond acceptors (Lipinski definition) is 4. The van der Waals surface area contributed by atoms with Gasteiger partial charge in [0.25, 0.3) is 0 Å². The number of aromatic nitrogens is 1. The summed E-state index contributed by atoms with van der Waals surface area (Å²) in [5.74, 6) is 0.670. The Balaban J connectivity index is 1.74. The molecular weight excluding hydrogens is 243 g/mol. The van der Waals surface area contributed by atoms with Crippen molar-refractivity contribution in [2.45, 2.75) is 4.34 Å². The molecule has 2 nitrogen and oxygen atoms in total. The van der Waals surface area contributed by atoms with Crippen LogP contribution < -0.4 is 5.32 Å². The van der Waals surface area contributed by atoms with E-state index in [0.29, 0.717) is 5.69 Å². The summed E-state index contributed by atoms with van der Waals surface area (Å²) in [5.41, 5.74) is 0.558. The number of nitrogens with one attached hydrogen (secondary N) is 1. The fraction of sp³-hybridized carbons (Fsp3) is 0.182. The minimum Gasteiger partial charge on any atom is -0.382 e. The lowest BCUT2D eigenvalue weighted by Crippen LogP contribution is -2.05. The van der Waals surface area contributed by atoms with Crippen LogP contribution in [0.2, 0.25) is 0 Å². The number of halogens is 1. The highest BCUT2D eigenvalue weighted by Crippen LogP contribution is 2.20. The number of para-hydroxylation sites is 1. The SMILES string of the molecule is Fc1ccccc1NCCSc1nccs1. The summed E-state index contributed by atoms with van der Waals surface area (Å²) in [6.45, 7) is 0.727. The molecule has 0 aliphatic heterocycles. The van der Waals surface area contributed by atoms with E-state index in [9.17, 15) is 4.39 Å². The van der Waals surface area contributed by atoms with Crippen LogP contribution in [0.15, 0.2) is 40.2 Å². The molecule has 2 aromatic rings. The number of benzene rings is 1. The minimum atomic E-state index is -0.207. The zero-order chi connectivity index (χ0) is 11.2. The Morgan fingerprint density at radius 2 is 2.25 bits per heavy atom. The van der Waals surface area contributed by atoms with Gasteiger partial charge in [-0.1, -0.05) is 23.9 Å². The molecule has 1 N–H and O–H groups in total. The van der Waals surface area contributed by atoms with E-state index in [-0.39, 0.29) is 5.82 Å². The van der Waals surface area contributed by atoms with Crippen LogP contribution in [0.5, 0.6) is 0 Å². The summed E-state index contributed by atoms with van der Waals surface area (Å²) in [4.78, 5) is 4.16. The van der Waals surface area contributed by atoms with Crippen LogP contribution in [0.3, 0.4) is 0 Å². The average molecular weight is 254 g/mol. The lowest BCUT2D eigenvalue weighted by atomic mass is 10.3. The summed E-state index contributed by atoms with van der Waals surface area (Å²) < 4.78 is 14.3. The molecule has 2 rings (SSSR count). The number of thiazole rings is 1. The second-order valence-electron chi connectivity index (χ2n) is 3.05. The van der Waals surface area contributed by atoms with Crippen molar-refractivity contribution in [3.63, 3.8) is 0 Å². The van der Waals surface area contributed by atoms with Crippen LogP contribution in [-0.2, 0) is 0 Å². The quantitative estimate of drug-likeness (QED) is 0.653. The molecule has 84 valence electrons. The van der Waals surface area contributed by atoms with Crippen molar-refractivity contribution in [3.8, 4) is 0 Å². The van der Waals surface area contributed by atoms with E-state index >= 15 is 0 Å². The molecule has 0 saturated heterocycles. The molecule has 0 fully saturated rings. The molecule has 0 unspecified atom stereocenters. The van der Waals surface area contributed by atoms with Crippen molar-refractivity contribution in [1.82, 2.24) is 4.98 Å². The average Bonchev–Trinajstić information content (AvgIpc) is 2.79. The first-order valence-electron chi connectivity index (χ1n) is 4.87. The van der Waals surface area contributed by atoms with Crippen molar-refractivity contribution in [3.05, 3.63) is 41.7 Å². The van der Waals surface area contributed by atoms with E-state index in [4.69, 9.17) is 0 Å². The third-order valence-electron chi connectivity index (χ3n) is 1.93. The molecule has 0 radical (unpaired) electrons.